The highest BCUT2D eigenvalue weighted by Gasteiger charge is 2.20. The largest absolute Gasteiger partial charge is 0.456 e. The zero-order chi connectivity index (χ0) is 34.9. The summed E-state index contributed by atoms with van der Waals surface area (Å²) in [6, 6.07) is 64.0. The number of hydrogen-bond donors (Lipinski definition) is 0. The van der Waals surface area contributed by atoms with E-state index in [1.54, 1.807) is 0 Å². The van der Waals surface area contributed by atoms with Crippen molar-refractivity contribution in [3.63, 3.8) is 0 Å². The number of furan rings is 1. The monoisotopic (exact) mass is 678 g/mol. The van der Waals surface area contributed by atoms with E-state index in [0.29, 0.717) is 5.89 Å². The molecule has 11 aromatic rings. The van der Waals surface area contributed by atoms with E-state index in [1.807, 2.05) is 42.5 Å². The molecule has 4 heteroatoms. The molecule has 0 N–H and O–H groups in total. The molecule has 0 saturated heterocycles. The number of para-hydroxylation sites is 2. The lowest BCUT2D eigenvalue weighted by Gasteiger charge is -2.26. The van der Waals surface area contributed by atoms with Crippen LogP contribution in [0.2, 0.25) is 0 Å². The van der Waals surface area contributed by atoms with Gasteiger partial charge in [0.25, 0.3) is 0 Å². The maximum Gasteiger partial charge on any atom is 0.227 e. The Balaban J connectivity index is 1.19. The third-order valence-corrected chi connectivity index (χ3v) is 10.4. The SMILES string of the molecule is c1ccc(-c2nc3ccc4cc(-c5ccc6ccccc6c5)c5ccc(N(c6ccccc6)c6ccc7c(c6)oc6ccccc67)cc5c4c3o2)cc1. The Labute approximate surface area is 304 Å². The summed E-state index contributed by atoms with van der Waals surface area (Å²) in [7, 11) is 0. The molecule has 2 heterocycles. The molecule has 0 amide bonds. The van der Waals surface area contributed by atoms with Crippen molar-refractivity contribution in [2.75, 3.05) is 4.90 Å². The summed E-state index contributed by atoms with van der Waals surface area (Å²) in [5.74, 6) is 0.612. The van der Waals surface area contributed by atoms with Crippen LogP contribution in [0.1, 0.15) is 0 Å². The summed E-state index contributed by atoms with van der Waals surface area (Å²) < 4.78 is 13.1. The van der Waals surface area contributed by atoms with Gasteiger partial charge in [0.1, 0.15) is 16.7 Å². The molecule has 0 unspecified atom stereocenters. The van der Waals surface area contributed by atoms with Crippen LogP contribution in [0.15, 0.2) is 191 Å². The number of fused-ring (bicyclic) bond motifs is 9. The molecule has 0 bridgehead atoms. The first-order valence-corrected chi connectivity index (χ1v) is 17.9. The van der Waals surface area contributed by atoms with Crippen LogP contribution in [0.5, 0.6) is 0 Å². The number of rotatable bonds is 5. The predicted octanol–water partition coefficient (Wildman–Crippen LogP) is 14.0. The Morgan fingerprint density at radius 3 is 1.96 bits per heavy atom. The molecular formula is C49H30N2O2. The molecule has 0 atom stereocenters. The van der Waals surface area contributed by atoms with E-state index in [9.17, 15) is 0 Å². The van der Waals surface area contributed by atoms with Crippen molar-refractivity contribution in [2.45, 2.75) is 0 Å². The van der Waals surface area contributed by atoms with Gasteiger partial charge in [-0.2, -0.15) is 0 Å². The van der Waals surface area contributed by atoms with Gasteiger partial charge in [-0.15, -0.1) is 0 Å². The van der Waals surface area contributed by atoms with Crippen LogP contribution in [0.4, 0.5) is 17.1 Å². The van der Waals surface area contributed by atoms with Crippen LogP contribution >= 0.6 is 0 Å². The molecule has 248 valence electrons. The van der Waals surface area contributed by atoms with Crippen LogP contribution < -0.4 is 4.90 Å². The molecule has 0 spiro atoms. The van der Waals surface area contributed by atoms with Crippen molar-refractivity contribution in [1.29, 1.82) is 0 Å². The number of oxazole rings is 1. The van der Waals surface area contributed by atoms with Crippen LogP contribution in [0, 0.1) is 0 Å². The number of aromatic nitrogens is 1. The van der Waals surface area contributed by atoms with Crippen LogP contribution in [0.3, 0.4) is 0 Å². The summed E-state index contributed by atoms with van der Waals surface area (Å²) >= 11 is 0. The highest BCUT2D eigenvalue weighted by atomic mass is 16.3. The highest BCUT2D eigenvalue weighted by molar-refractivity contribution is 6.22. The lowest BCUT2D eigenvalue weighted by molar-refractivity contribution is 0.623. The first-order chi connectivity index (χ1) is 26.2. The topological polar surface area (TPSA) is 42.4 Å². The second kappa shape index (κ2) is 11.7. The van der Waals surface area contributed by atoms with E-state index in [2.05, 4.69) is 144 Å². The Morgan fingerprint density at radius 1 is 0.396 bits per heavy atom. The van der Waals surface area contributed by atoms with Crippen LogP contribution in [0.25, 0.3) is 87.9 Å². The maximum atomic E-state index is 6.69. The Kier molecular flexibility index (Phi) is 6.52. The predicted molar refractivity (Wildman–Crippen MR) is 219 cm³/mol. The molecule has 53 heavy (non-hydrogen) atoms. The zero-order valence-electron chi connectivity index (χ0n) is 28.5. The van der Waals surface area contributed by atoms with E-state index in [4.69, 9.17) is 13.8 Å². The minimum absolute atomic E-state index is 0.612. The molecule has 0 saturated carbocycles. The minimum Gasteiger partial charge on any atom is -0.456 e. The smallest absolute Gasteiger partial charge is 0.227 e. The summed E-state index contributed by atoms with van der Waals surface area (Å²) in [5.41, 5.74) is 9.72. The normalized spacial score (nSPS) is 11.8. The fourth-order valence-corrected chi connectivity index (χ4v) is 7.93. The average Bonchev–Trinajstić information content (AvgIpc) is 3.83. The van der Waals surface area contributed by atoms with Gasteiger partial charge in [-0.05, 0) is 111 Å². The van der Waals surface area contributed by atoms with Gasteiger partial charge in [-0.1, -0.05) is 103 Å². The summed E-state index contributed by atoms with van der Waals surface area (Å²) in [5, 5.41) is 9.02. The highest BCUT2D eigenvalue weighted by Crippen LogP contribution is 2.44. The molecule has 0 radical (unpaired) electrons. The van der Waals surface area contributed by atoms with Crippen molar-refractivity contribution in [2.24, 2.45) is 0 Å². The Hall–Kier alpha value is -7.17. The quantitative estimate of drug-likeness (QED) is 0.170. The fraction of sp³-hybridized carbons (Fsp3) is 0. The fourth-order valence-electron chi connectivity index (χ4n) is 7.93. The number of anilines is 3. The summed E-state index contributed by atoms with van der Waals surface area (Å²) in [6.45, 7) is 0. The molecule has 0 aliphatic heterocycles. The zero-order valence-corrected chi connectivity index (χ0v) is 28.5. The lowest BCUT2D eigenvalue weighted by atomic mass is 9.91. The number of nitrogens with zero attached hydrogens (tertiary/aromatic N) is 2. The van der Waals surface area contributed by atoms with Crippen LogP contribution in [-0.2, 0) is 0 Å². The first-order valence-electron chi connectivity index (χ1n) is 17.9. The Bertz CT molecular complexity index is 3180. The third kappa shape index (κ3) is 4.80. The maximum absolute atomic E-state index is 6.69. The van der Waals surface area contributed by atoms with E-state index in [1.165, 1.54) is 21.9 Å². The number of benzene rings is 9. The second-order valence-corrected chi connectivity index (χ2v) is 13.6. The van der Waals surface area contributed by atoms with Gasteiger partial charge in [-0.25, -0.2) is 4.98 Å². The molecule has 9 aromatic carbocycles. The standard InChI is InChI=1S/C49H30N2O2/c1-3-12-32(13-4-1)49-50-44-26-21-35-28-42(34-20-19-31-11-7-8-14-33(31)27-34)39-24-22-37(29-43(39)47(35)48(44)53-49)51(36-15-5-2-6-16-36)38-23-25-41-40-17-9-10-18-45(40)52-46(41)30-38/h1-30H. The Morgan fingerprint density at radius 2 is 1.09 bits per heavy atom. The van der Waals surface area contributed by atoms with Gasteiger partial charge >= 0.3 is 0 Å². The molecule has 0 aliphatic carbocycles. The minimum atomic E-state index is 0.612. The molecule has 0 fully saturated rings. The van der Waals surface area contributed by atoms with E-state index < -0.39 is 0 Å². The summed E-state index contributed by atoms with van der Waals surface area (Å²) in [4.78, 5) is 7.27. The molecule has 0 aliphatic rings. The average molecular weight is 679 g/mol. The molecule has 2 aromatic heterocycles. The van der Waals surface area contributed by atoms with E-state index >= 15 is 0 Å². The summed E-state index contributed by atoms with van der Waals surface area (Å²) in [6.07, 6.45) is 0. The van der Waals surface area contributed by atoms with Crippen molar-refractivity contribution >= 4 is 82.4 Å². The van der Waals surface area contributed by atoms with Gasteiger partial charge in [0, 0.05) is 44.9 Å². The van der Waals surface area contributed by atoms with Gasteiger partial charge in [0.15, 0.2) is 5.58 Å². The third-order valence-electron chi connectivity index (χ3n) is 10.4. The van der Waals surface area contributed by atoms with Crippen molar-refractivity contribution in [3.05, 3.63) is 182 Å². The van der Waals surface area contributed by atoms with E-state index in [-0.39, 0.29) is 0 Å². The van der Waals surface area contributed by atoms with Crippen molar-refractivity contribution in [3.8, 4) is 22.6 Å². The second-order valence-electron chi connectivity index (χ2n) is 13.6. The van der Waals surface area contributed by atoms with Gasteiger partial charge in [-0.3, -0.25) is 0 Å². The van der Waals surface area contributed by atoms with Crippen molar-refractivity contribution < 1.29 is 8.83 Å². The van der Waals surface area contributed by atoms with E-state index in [0.717, 1.165) is 77.2 Å². The molecular weight excluding hydrogens is 649 g/mol. The molecule has 4 nitrogen and oxygen atoms in total. The van der Waals surface area contributed by atoms with Gasteiger partial charge < -0.3 is 13.7 Å². The van der Waals surface area contributed by atoms with Crippen LogP contribution in [-0.4, -0.2) is 4.98 Å². The molecule has 11 rings (SSSR count). The van der Waals surface area contributed by atoms with Gasteiger partial charge in [0.2, 0.25) is 5.89 Å². The first kappa shape index (κ1) is 29.5. The number of hydrogen-bond acceptors (Lipinski definition) is 4. The lowest BCUT2D eigenvalue weighted by Crippen LogP contribution is -2.09. The van der Waals surface area contributed by atoms with Crippen molar-refractivity contribution in [1.82, 2.24) is 4.98 Å². The van der Waals surface area contributed by atoms with Gasteiger partial charge in [0.05, 0.1) is 0 Å².